The molecule has 0 aromatic carbocycles. The van der Waals surface area contributed by atoms with Crippen LogP contribution in [-0.4, -0.2) is 48.4 Å². The Morgan fingerprint density at radius 1 is 1.03 bits per heavy atom. The average molecular weight is 458 g/mol. The third-order valence-electron chi connectivity index (χ3n) is 5.75. The van der Waals surface area contributed by atoms with Crippen LogP contribution in [0.5, 0.6) is 0 Å². The number of hydrogen-bond acceptors (Lipinski definition) is 4. The zero-order valence-electron chi connectivity index (χ0n) is 18.5. The lowest BCUT2D eigenvalue weighted by atomic mass is 10.0. The third-order valence-corrected chi connectivity index (χ3v) is 6.52. The molecule has 3 aliphatic rings. The van der Waals surface area contributed by atoms with Gasteiger partial charge in [-0.2, -0.15) is 0 Å². The van der Waals surface area contributed by atoms with Gasteiger partial charge in [0, 0.05) is 18.4 Å². The Hall–Kier alpha value is -2.71. The van der Waals surface area contributed by atoms with Crippen LogP contribution in [0.2, 0.25) is 0 Å². The molecule has 1 heterocycles. The number of rotatable bonds is 8. The van der Waals surface area contributed by atoms with Gasteiger partial charge in [-0.15, -0.1) is 0 Å². The van der Waals surface area contributed by atoms with Crippen LogP contribution in [0.25, 0.3) is 0 Å². The van der Waals surface area contributed by atoms with Gasteiger partial charge in [-0.1, -0.05) is 38.5 Å². The van der Waals surface area contributed by atoms with Gasteiger partial charge in [0.15, 0.2) is 0 Å². The highest BCUT2D eigenvalue weighted by atomic mass is 32.2. The molecule has 1 atom stereocenters. The molecule has 2 amide bonds. The van der Waals surface area contributed by atoms with Gasteiger partial charge >= 0.3 is 0 Å². The summed E-state index contributed by atoms with van der Waals surface area (Å²) in [7, 11) is -3.67. The quantitative estimate of drug-likeness (QED) is 0.566. The number of nitrogens with two attached hydrogens (primary N) is 1. The van der Waals surface area contributed by atoms with E-state index in [1.807, 2.05) is 6.92 Å². The second-order valence-corrected chi connectivity index (χ2v) is 10.5. The van der Waals surface area contributed by atoms with Crippen LogP contribution in [0.3, 0.4) is 0 Å². The second kappa shape index (κ2) is 9.03. The molecule has 1 aliphatic heterocycles. The molecule has 3 fully saturated rings. The molecule has 7 nitrogen and oxygen atoms in total. The summed E-state index contributed by atoms with van der Waals surface area (Å²) < 4.78 is 22.4. The van der Waals surface area contributed by atoms with Crippen LogP contribution in [-0.2, 0) is 19.6 Å². The highest BCUT2D eigenvalue weighted by Gasteiger charge is 2.44. The number of piperazine rings is 1. The minimum absolute atomic E-state index is 0.0157. The standard InChI is InChI=1S/C24H31N3O4S/c1-15(14-32(25,30)31)6-7-16(2)17(3)12-22-19(5)27(24(29)21-10-11-21)18(4)13-26(22)23(28)20-8-9-20/h6-7,12,18,20-21H,1-3,5,8-11,13-14H2,4H3,(H2,25,30,31)/b7-6-,22-12+. The van der Waals surface area contributed by atoms with Crippen molar-refractivity contribution in [3.8, 4) is 0 Å². The third kappa shape index (κ3) is 5.75. The molecule has 8 heteroatoms. The smallest absolute Gasteiger partial charge is 0.230 e. The zero-order chi connectivity index (χ0) is 23.8. The Bertz CT molecular complexity index is 1060. The molecule has 3 rings (SSSR count). The highest BCUT2D eigenvalue weighted by molar-refractivity contribution is 7.89. The zero-order valence-corrected chi connectivity index (χ0v) is 19.4. The largest absolute Gasteiger partial charge is 0.308 e. The van der Waals surface area contributed by atoms with E-state index in [-0.39, 0.29) is 35.4 Å². The molecule has 0 radical (unpaired) electrons. The van der Waals surface area contributed by atoms with Crippen molar-refractivity contribution in [3.05, 3.63) is 72.7 Å². The molecule has 0 spiro atoms. The number of hydrogen-bond donors (Lipinski definition) is 1. The first kappa shape index (κ1) is 23.9. The van der Waals surface area contributed by atoms with E-state index < -0.39 is 10.0 Å². The highest BCUT2D eigenvalue weighted by Crippen LogP contribution is 2.39. The van der Waals surface area contributed by atoms with E-state index in [4.69, 9.17) is 5.14 Å². The molecule has 1 unspecified atom stereocenters. The van der Waals surface area contributed by atoms with Gasteiger partial charge in [-0.25, -0.2) is 13.6 Å². The van der Waals surface area contributed by atoms with E-state index in [1.165, 1.54) is 6.08 Å². The lowest BCUT2D eigenvalue weighted by molar-refractivity contribution is -0.138. The van der Waals surface area contributed by atoms with Gasteiger partial charge in [0.1, 0.15) is 0 Å². The Labute approximate surface area is 190 Å². The number of carbonyl (C=O) groups excluding carboxylic acids is 2. The molecule has 2 saturated carbocycles. The van der Waals surface area contributed by atoms with Crippen LogP contribution in [0, 0.1) is 11.8 Å². The number of allylic oxidation sites excluding steroid dienone is 5. The van der Waals surface area contributed by atoms with E-state index in [0.29, 0.717) is 34.7 Å². The lowest BCUT2D eigenvalue weighted by Gasteiger charge is -2.43. The Balaban J connectivity index is 1.83. The first-order valence-electron chi connectivity index (χ1n) is 10.7. The van der Waals surface area contributed by atoms with Crippen molar-refractivity contribution in [2.24, 2.45) is 17.0 Å². The molecular weight excluding hydrogens is 426 g/mol. The molecule has 172 valence electrons. The Morgan fingerprint density at radius 3 is 2.12 bits per heavy atom. The Morgan fingerprint density at radius 2 is 1.59 bits per heavy atom. The maximum absolute atomic E-state index is 13.0. The van der Waals surface area contributed by atoms with Gasteiger partial charge in [-0.3, -0.25) is 9.59 Å². The molecule has 2 N–H and O–H groups in total. The van der Waals surface area contributed by atoms with Crippen molar-refractivity contribution >= 4 is 21.8 Å². The normalized spacial score (nSPS) is 23.0. The number of sulfonamides is 1. The number of nitrogens with zero attached hydrogens (tertiary/aromatic N) is 2. The summed E-state index contributed by atoms with van der Waals surface area (Å²) in [6.07, 6.45) is 8.35. The maximum Gasteiger partial charge on any atom is 0.230 e. The minimum Gasteiger partial charge on any atom is -0.308 e. The summed E-state index contributed by atoms with van der Waals surface area (Å²) in [4.78, 5) is 29.3. The monoisotopic (exact) mass is 457 g/mol. The molecule has 0 aromatic heterocycles. The van der Waals surface area contributed by atoms with Crippen LogP contribution in [0.4, 0.5) is 0 Å². The predicted octanol–water partition coefficient (Wildman–Crippen LogP) is 2.78. The van der Waals surface area contributed by atoms with Crippen LogP contribution in [0.15, 0.2) is 72.7 Å². The second-order valence-electron chi connectivity index (χ2n) is 8.88. The number of carbonyl (C=O) groups is 2. The Kier molecular flexibility index (Phi) is 6.76. The van der Waals surface area contributed by atoms with Crippen molar-refractivity contribution in [3.63, 3.8) is 0 Å². The van der Waals surface area contributed by atoms with E-state index in [2.05, 4.69) is 26.3 Å². The molecule has 0 bridgehead atoms. The number of primary sulfonamides is 1. The number of amides is 2. The predicted molar refractivity (Wildman–Crippen MR) is 125 cm³/mol. The molecule has 32 heavy (non-hydrogen) atoms. The van der Waals surface area contributed by atoms with E-state index >= 15 is 0 Å². The lowest BCUT2D eigenvalue weighted by Crippen LogP contribution is -2.53. The van der Waals surface area contributed by atoms with Crippen LogP contribution in [0.1, 0.15) is 32.6 Å². The summed E-state index contributed by atoms with van der Waals surface area (Å²) in [5.41, 5.74) is 2.39. The fraction of sp³-hybridized carbons (Fsp3) is 0.417. The summed E-state index contributed by atoms with van der Waals surface area (Å²) in [5.74, 6) is -0.219. The molecular formula is C24H31N3O4S. The van der Waals surface area contributed by atoms with Crippen molar-refractivity contribution in [1.82, 2.24) is 9.80 Å². The van der Waals surface area contributed by atoms with Gasteiger partial charge in [0.25, 0.3) is 0 Å². The van der Waals surface area contributed by atoms with Gasteiger partial charge in [-0.05, 0) is 55.4 Å². The molecule has 0 aromatic rings. The molecule has 1 saturated heterocycles. The summed E-state index contributed by atoms with van der Waals surface area (Å²) in [6, 6.07) is -0.159. The maximum atomic E-state index is 13.0. The van der Waals surface area contributed by atoms with Gasteiger partial charge < -0.3 is 9.80 Å². The van der Waals surface area contributed by atoms with Crippen molar-refractivity contribution < 1.29 is 18.0 Å². The summed E-state index contributed by atoms with van der Waals surface area (Å²) >= 11 is 0. The van der Waals surface area contributed by atoms with E-state index in [9.17, 15) is 18.0 Å². The minimum atomic E-state index is -3.67. The van der Waals surface area contributed by atoms with E-state index in [1.54, 1.807) is 22.0 Å². The fourth-order valence-electron chi connectivity index (χ4n) is 3.68. The van der Waals surface area contributed by atoms with E-state index in [0.717, 1.165) is 25.7 Å². The first-order chi connectivity index (χ1) is 14.9. The van der Waals surface area contributed by atoms with Crippen LogP contribution >= 0.6 is 0 Å². The summed E-state index contributed by atoms with van der Waals surface area (Å²) in [5, 5.41) is 5.04. The SMILES string of the molecule is C=C(/C=C\C(=C)C(=C)/C=C1\C(=C)N(C(=O)C2CC2)C(C)CN1C(=O)C1CC1)CS(N)(=O)=O. The van der Waals surface area contributed by atoms with Gasteiger partial charge in [0.05, 0.1) is 23.2 Å². The van der Waals surface area contributed by atoms with Crippen molar-refractivity contribution in [2.75, 3.05) is 12.3 Å². The fourth-order valence-corrected chi connectivity index (χ4v) is 4.29. The van der Waals surface area contributed by atoms with Crippen molar-refractivity contribution in [1.29, 1.82) is 0 Å². The average Bonchev–Trinajstić information content (AvgIpc) is 3.58. The molecule has 2 aliphatic carbocycles. The first-order valence-corrected chi connectivity index (χ1v) is 12.4. The van der Waals surface area contributed by atoms with Gasteiger partial charge in [0.2, 0.25) is 21.8 Å². The van der Waals surface area contributed by atoms with Crippen molar-refractivity contribution in [2.45, 2.75) is 38.6 Å². The summed E-state index contributed by atoms with van der Waals surface area (Å²) in [6.45, 7) is 18.2. The topological polar surface area (TPSA) is 101 Å². The van der Waals surface area contributed by atoms with Crippen LogP contribution < -0.4 is 5.14 Å².